The summed E-state index contributed by atoms with van der Waals surface area (Å²) in [6.07, 6.45) is 7.79. The smallest absolute Gasteiger partial charge is 0.296 e. The van der Waals surface area contributed by atoms with Gasteiger partial charge in [-0.2, -0.15) is 5.21 Å². The van der Waals surface area contributed by atoms with Crippen molar-refractivity contribution in [2.24, 2.45) is 11.8 Å². The largest absolute Gasteiger partial charge is 0.336 e. The normalized spacial score (nSPS) is 14.1. The zero-order chi connectivity index (χ0) is 28.1. The van der Waals surface area contributed by atoms with Gasteiger partial charge in [-0.05, 0) is 59.4 Å². The maximum absolute atomic E-state index is 13.7. The lowest BCUT2D eigenvalue weighted by molar-refractivity contribution is 0.0853. The fourth-order valence-electron chi connectivity index (χ4n) is 5.73. The van der Waals surface area contributed by atoms with Gasteiger partial charge in [-0.15, -0.1) is 10.2 Å². The predicted octanol–water partition coefficient (Wildman–Crippen LogP) is 5.56. The van der Waals surface area contributed by atoms with Gasteiger partial charge in [-0.1, -0.05) is 81.6 Å². The molecule has 0 bridgehead atoms. The number of hydrogen-bond acceptors (Lipinski definition) is 6. The SMILES string of the molecule is CC(C)CCc1c(C=O)n(C(=O)CC2CCCCC2)c(=O)n1Cc1ccc(-c2ccccc2-c2nn[nH]n2)cc1. The summed E-state index contributed by atoms with van der Waals surface area (Å²) in [4.78, 5) is 39.4. The lowest BCUT2D eigenvalue weighted by Crippen LogP contribution is -2.31. The van der Waals surface area contributed by atoms with Crippen LogP contribution in [0.3, 0.4) is 0 Å². The van der Waals surface area contributed by atoms with Crippen LogP contribution in [0.2, 0.25) is 0 Å². The van der Waals surface area contributed by atoms with Gasteiger partial charge in [-0.25, -0.2) is 9.36 Å². The summed E-state index contributed by atoms with van der Waals surface area (Å²) < 4.78 is 2.76. The van der Waals surface area contributed by atoms with Crippen molar-refractivity contribution in [3.05, 3.63) is 76.0 Å². The topological polar surface area (TPSA) is 116 Å². The summed E-state index contributed by atoms with van der Waals surface area (Å²) in [5.74, 6) is 0.916. The minimum atomic E-state index is -0.423. The zero-order valence-electron chi connectivity index (χ0n) is 23.2. The van der Waals surface area contributed by atoms with Crippen LogP contribution < -0.4 is 5.69 Å². The maximum atomic E-state index is 13.7. The Balaban J connectivity index is 1.46. The van der Waals surface area contributed by atoms with Gasteiger partial charge in [0.25, 0.3) is 0 Å². The molecule has 4 aromatic rings. The van der Waals surface area contributed by atoms with Gasteiger partial charge in [0.1, 0.15) is 5.69 Å². The van der Waals surface area contributed by atoms with Crippen LogP contribution in [-0.4, -0.2) is 42.0 Å². The van der Waals surface area contributed by atoms with Crippen molar-refractivity contribution in [2.75, 3.05) is 0 Å². The molecule has 1 fully saturated rings. The first-order valence-electron chi connectivity index (χ1n) is 14.2. The first-order chi connectivity index (χ1) is 19.5. The van der Waals surface area contributed by atoms with Crippen LogP contribution in [-0.2, 0) is 13.0 Å². The monoisotopic (exact) mass is 540 g/mol. The number of rotatable bonds is 10. The van der Waals surface area contributed by atoms with Crippen molar-refractivity contribution in [1.29, 1.82) is 0 Å². The van der Waals surface area contributed by atoms with Crippen LogP contribution in [0.25, 0.3) is 22.5 Å². The summed E-state index contributed by atoms with van der Waals surface area (Å²) >= 11 is 0. The molecule has 0 atom stereocenters. The average Bonchev–Trinajstić information content (AvgIpc) is 3.60. The number of benzene rings is 2. The molecule has 40 heavy (non-hydrogen) atoms. The Morgan fingerprint density at radius 3 is 2.42 bits per heavy atom. The minimum absolute atomic E-state index is 0.206. The summed E-state index contributed by atoms with van der Waals surface area (Å²) in [5.41, 5.74) is 4.13. The van der Waals surface area contributed by atoms with Crippen LogP contribution in [0.4, 0.5) is 0 Å². The van der Waals surface area contributed by atoms with Crippen molar-refractivity contribution < 1.29 is 9.59 Å². The number of carbonyl (C=O) groups is 2. The summed E-state index contributed by atoms with van der Waals surface area (Å²) in [5, 5.41) is 14.4. The molecule has 0 spiro atoms. The van der Waals surface area contributed by atoms with Crippen LogP contribution in [0.5, 0.6) is 0 Å². The van der Waals surface area contributed by atoms with Crippen molar-refractivity contribution in [1.82, 2.24) is 29.8 Å². The van der Waals surface area contributed by atoms with Gasteiger partial charge < -0.3 is 0 Å². The second kappa shape index (κ2) is 12.4. The van der Waals surface area contributed by atoms with E-state index in [9.17, 15) is 14.4 Å². The van der Waals surface area contributed by atoms with E-state index < -0.39 is 5.69 Å². The second-order valence-electron chi connectivity index (χ2n) is 11.2. The molecule has 2 heterocycles. The second-order valence-corrected chi connectivity index (χ2v) is 11.2. The van der Waals surface area contributed by atoms with E-state index in [1.807, 2.05) is 48.5 Å². The minimum Gasteiger partial charge on any atom is -0.296 e. The molecule has 1 N–H and O–H groups in total. The molecule has 5 rings (SSSR count). The predicted molar refractivity (Wildman–Crippen MR) is 153 cm³/mol. The Morgan fingerprint density at radius 1 is 1.05 bits per heavy atom. The summed E-state index contributed by atoms with van der Waals surface area (Å²) in [6, 6.07) is 15.8. The number of aromatic nitrogens is 6. The van der Waals surface area contributed by atoms with E-state index in [1.165, 1.54) is 6.42 Å². The number of aldehydes is 1. The van der Waals surface area contributed by atoms with Crippen molar-refractivity contribution >= 4 is 12.2 Å². The number of aromatic amines is 1. The third-order valence-corrected chi connectivity index (χ3v) is 7.91. The molecule has 9 nitrogen and oxygen atoms in total. The molecule has 2 aromatic carbocycles. The molecule has 0 aliphatic heterocycles. The van der Waals surface area contributed by atoms with E-state index in [0.29, 0.717) is 36.6 Å². The first kappa shape index (κ1) is 27.4. The van der Waals surface area contributed by atoms with Gasteiger partial charge in [0, 0.05) is 12.0 Å². The third-order valence-electron chi connectivity index (χ3n) is 7.91. The Kier molecular flexibility index (Phi) is 8.48. The van der Waals surface area contributed by atoms with E-state index >= 15 is 0 Å². The third kappa shape index (κ3) is 5.88. The van der Waals surface area contributed by atoms with Gasteiger partial charge in [-0.3, -0.25) is 14.2 Å². The Morgan fingerprint density at radius 2 is 1.77 bits per heavy atom. The first-order valence-corrected chi connectivity index (χ1v) is 14.2. The van der Waals surface area contributed by atoms with Crippen LogP contribution in [0.15, 0.2) is 53.3 Å². The molecule has 0 unspecified atom stereocenters. The Bertz CT molecular complexity index is 1510. The highest BCUT2D eigenvalue weighted by Crippen LogP contribution is 2.30. The fourth-order valence-corrected chi connectivity index (χ4v) is 5.73. The van der Waals surface area contributed by atoms with Crippen LogP contribution in [0, 0.1) is 11.8 Å². The van der Waals surface area contributed by atoms with Gasteiger partial charge in [0.15, 0.2) is 6.29 Å². The Hall–Kier alpha value is -4.14. The highest BCUT2D eigenvalue weighted by atomic mass is 16.2. The van der Waals surface area contributed by atoms with Gasteiger partial charge in [0.05, 0.1) is 12.2 Å². The van der Waals surface area contributed by atoms with Crippen LogP contribution >= 0.6 is 0 Å². The highest BCUT2D eigenvalue weighted by molar-refractivity contribution is 5.87. The Labute approximate surface area is 233 Å². The van der Waals surface area contributed by atoms with Crippen molar-refractivity contribution in [2.45, 2.75) is 71.8 Å². The van der Waals surface area contributed by atoms with E-state index in [0.717, 1.165) is 58.9 Å². The zero-order valence-corrected chi connectivity index (χ0v) is 23.2. The van der Waals surface area contributed by atoms with E-state index in [-0.39, 0.29) is 24.1 Å². The molecule has 1 saturated carbocycles. The number of hydrogen-bond donors (Lipinski definition) is 1. The van der Waals surface area contributed by atoms with Crippen molar-refractivity contribution in [3.63, 3.8) is 0 Å². The molecule has 1 aliphatic rings. The fraction of sp³-hybridized carbons (Fsp3) is 0.419. The molecule has 0 radical (unpaired) electrons. The number of imidazole rings is 1. The standard InChI is InChI=1S/C31H36N6O3/c1-21(2)12-17-27-28(20-38)37(29(39)18-22-8-4-3-5-9-22)31(40)36(27)19-23-13-15-24(16-14-23)25-10-6-7-11-26(25)30-32-34-35-33-30/h6-7,10-11,13-16,20-22H,3-5,8-9,12,17-19H2,1-2H3,(H,32,33,34,35). The molecule has 2 aromatic heterocycles. The molecule has 0 saturated heterocycles. The van der Waals surface area contributed by atoms with Gasteiger partial charge in [0.2, 0.25) is 11.7 Å². The van der Waals surface area contributed by atoms with Gasteiger partial charge >= 0.3 is 5.69 Å². The quantitative estimate of drug-likeness (QED) is 0.264. The number of tetrazole rings is 1. The molecule has 9 heteroatoms. The maximum Gasteiger partial charge on any atom is 0.336 e. The molecule has 208 valence electrons. The summed E-state index contributed by atoms with van der Waals surface area (Å²) in [6.45, 7) is 4.50. The summed E-state index contributed by atoms with van der Waals surface area (Å²) in [7, 11) is 0. The lowest BCUT2D eigenvalue weighted by Gasteiger charge is -2.20. The lowest BCUT2D eigenvalue weighted by atomic mass is 9.87. The molecule has 0 amide bonds. The number of H-pyrrole nitrogens is 1. The van der Waals surface area contributed by atoms with E-state index in [1.54, 1.807) is 4.57 Å². The van der Waals surface area contributed by atoms with E-state index in [4.69, 9.17) is 0 Å². The van der Waals surface area contributed by atoms with E-state index in [2.05, 4.69) is 34.5 Å². The number of nitrogens with one attached hydrogen (secondary N) is 1. The molecule has 1 aliphatic carbocycles. The molecular formula is C31H36N6O3. The number of nitrogens with zero attached hydrogens (tertiary/aromatic N) is 5. The number of carbonyl (C=O) groups excluding carboxylic acids is 2. The molecular weight excluding hydrogens is 504 g/mol. The average molecular weight is 541 g/mol. The van der Waals surface area contributed by atoms with Crippen molar-refractivity contribution in [3.8, 4) is 22.5 Å². The van der Waals surface area contributed by atoms with Crippen LogP contribution in [0.1, 0.15) is 85.3 Å². The highest BCUT2D eigenvalue weighted by Gasteiger charge is 2.26.